The Morgan fingerprint density at radius 3 is 2.50 bits per heavy atom. The van der Waals surface area contributed by atoms with Crippen LogP contribution < -0.4 is 21.3 Å². The second-order valence-corrected chi connectivity index (χ2v) is 4.69. The lowest BCUT2D eigenvalue weighted by atomic mass is 10.1. The minimum atomic E-state index is -1.02. The maximum atomic E-state index is 12.1. The summed E-state index contributed by atoms with van der Waals surface area (Å²) in [6.07, 6.45) is 3.74. The lowest BCUT2D eigenvalue weighted by molar-refractivity contribution is -0.131. The van der Waals surface area contributed by atoms with E-state index in [0.717, 1.165) is 0 Å². The number of hydroxylamine groups is 1. The van der Waals surface area contributed by atoms with Gasteiger partial charge in [0.15, 0.2) is 0 Å². The van der Waals surface area contributed by atoms with Crippen LogP contribution in [0.3, 0.4) is 0 Å². The Morgan fingerprint density at radius 1 is 1.36 bits per heavy atom. The Morgan fingerprint density at radius 2 is 2.00 bits per heavy atom. The molecule has 5 N–H and O–H groups in total. The van der Waals surface area contributed by atoms with Crippen molar-refractivity contribution in [2.24, 2.45) is 5.73 Å². The van der Waals surface area contributed by atoms with Crippen molar-refractivity contribution in [2.45, 2.75) is 25.9 Å². The Balaban J connectivity index is 2.70. The molecule has 1 aromatic carbocycles. The van der Waals surface area contributed by atoms with Crippen LogP contribution >= 0.6 is 0 Å². The minimum absolute atomic E-state index is 0.356. The monoisotopic (exact) mass is 307 g/mol. The van der Waals surface area contributed by atoms with Crippen molar-refractivity contribution in [2.75, 3.05) is 6.61 Å². The van der Waals surface area contributed by atoms with Gasteiger partial charge in [0.05, 0.1) is 0 Å². The summed E-state index contributed by atoms with van der Waals surface area (Å²) >= 11 is 0. The average molecular weight is 307 g/mol. The van der Waals surface area contributed by atoms with Crippen LogP contribution in [0.4, 0.5) is 0 Å². The van der Waals surface area contributed by atoms with Crippen LogP contribution in [0.25, 0.3) is 0 Å². The first kappa shape index (κ1) is 17.7. The molecule has 0 saturated carbocycles. The summed E-state index contributed by atoms with van der Waals surface area (Å²) in [6.45, 7) is 3.90. The van der Waals surface area contributed by atoms with Gasteiger partial charge in [0.25, 0.3) is 11.8 Å². The Kier molecular flexibility index (Phi) is 7.07. The summed E-state index contributed by atoms with van der Waals surface area (Å²) in [5.41, 5.74) is 7.46. The molecule has 0 aliphatic rings. The highest BCUT2D eigenvalue weighted by Crippen LogP contribution is 2.12. The highest BCUT2D eigenvalue weighted by molar-refractivity contribution is 5.97. The third-order valence-electron chi connectivity index (χ3n) is 2.90. The molecule has 22 heavy (non-hydrogen) atoms. The van der Waals surface area contributed by atoms with E-state index in [1.807, 2.05) is 19.1 Å². The predicted molar refractivity (Wildman–Crippen MR) is 81.6 cm³/mol. The maximum absolute atomic E-state index is 12.1. The first-order valence-corrected chi connectivity index (χ1v) is 6.84. The molecule has 2 atom stereocenters. The van der Waals surface area contributed by atoms with Gasteiger partial charge in [-0.1, -0.05) is 12.2 Å². The zero-order valence-electron chi connectivity index (χ0n) is 12.6. The molecule has 0 saturated heterocycles. The quantitative estimate of drug-likeness (QED) is 0.334. The molecule has 0 fully saturated rings. The number of benzene rings is 1. The lowest BCUT2D eigenvalue weighted by Crippen LogP contribution is -2.54. The van der Waals surface area contributed by atoms with Crippen molar-refractivity contribution in [3.05, 3.63) is 42.0 Å². The SMILES string of the molecule is CC=CCOc1ccc(C(=O)NC(C(=O)NO)C(C)N)cc1. The van der Waals surface area contributed by atoms with E-state index in [9.17, 15) is 9.59 Å². The Bertz CT molecular complexity index is 526. The van der Waals surface area contributed by atoms with E-state index >= 15 is 0 Å². The van der Waals surface area contributed by atoms with Crippen LogP contribution in [-0.4, -0.2) is 35.7 Å². The van der Waals surface area contributed by atoms with Gasteiger partial charge in [-0.15, -0.1) is 0 Å². The van der Waals surface area contributed by atoms with E-state index in [1.165, 1.54) is 5.48 Å². The van der Waals surface area contributed by atoms with Crippen LogP contribution in [0.1, 0.15) is 24.2 Å². The van der Waals surface area contributed by atoms with Gasteiger partial charge in [0.2, 0.25) is 0 Å². The normalized spacial score (nSPS) is 13.5. The number of carbonyl (C=O) groups is 2. The summed E-state index contributed by atoms with van der Waals surface area (Å²) < 4.78 is 5.42. The smallest absolute Gasteiger partial charge is 0.267 e. The molecule has 7 heteroatoms. The molecular weight excluding hydrogens is 286 g/mol. The van der Waals surface area contributed by atoms with Crippen molar-refractivity contribution in [3.63, 3.8) is 0 Å². The number of nitrogens with two attached hydrogens (primary N) is 1. The highest BCUT2D eigenvalue weighted by atomic mass is 16.5. The third kappa shape index (κ3) is 5.19. The number of hydrogen-bond donors (Lipinski definition) is 4. The van der Waals surface area contributed by atoms with Crippen molar-refractivity contribution in [3.8, 4) is 5.75 Å². The molecule has 1 aromatic rings. The number of carbonyl (C=O) groups excluding carboxylic acids is 2. The summed E-state index contributed by atoms with van der Waals surface area (Å²) in [7, 11) is 0. The van der Waals surface area contributed by atoms with Gasteiger partial charge in [0.1, 0.15) is 18.4 Å². The lowest BCUT2D eigenvalue weighted by Gasteiger charge is -2.20. The standard InChI is InChI=1S/C15H21N3O4/c1-3-4-9-22-12-7-5-11(6-8-12)14(19)17-13(10(2)16)15(20)18-21/h3-8,10,13,21H,9,16H2,1-2H3,(H,17,19)(H,18,20). The Labute approximate surface area is 129 Å². The molecule has 0 aliphatic carbocycles. The summed E-state index contributed by atoms with van der Waals surface area (Å²) in [6, 6.07) is 4.80. The van der Waals surface area contributed by atoms with Crippen LogP contribution in [0.15, 0.2) is 36.4 Å². The van der Waals surface area contributed by atoms with Gasteiger partial charge >= 0.3 is 0 Å². The van der Waals surface area contributed by atoms with Crippen LogP contribution in [0, 0.1) is 0 Å². The van der Waals surface area contributed by atoms with Crippen LogP contribution in [-0.2, 0) is 4.79 Å². The fourth-order valence-corrected chi connectivity index (χ4v) is 1.67. The van der Waals surface area contributed by atoms with Crippen LogP contribution in [0.2, 0.25) is 0 Å². The first-order valence-electron chi connectivity index (χ1n) is 6.84. The molecule has 0 heterocycles. The second kappa shape index (κ2) is 8.81. The minimum Gasteiger partial charge on any atom is -0.490 e. The van der Waals surface area contributed by atoms with E-state index in [4.69, 9.17) is 15.7 Å². The zero-order valence-corrected chi connectivity index (χ0v) is 12.6. The van der Waals surface area contributed by atoms with E-state index in [1.54, 1.807) is 31.2 Å². The molecule has 0 bridgehead atoms. The second-order valence-electron chi connectivity index (χ2n) is 4.69. The van der Waals surface area contributed by atoms with Gasteiger partial charge in [-0.2, -0.15) is 0 Å². The molecule has 0 aromatic heterocycles. The summed E-state index contributed by atoms with van der Waals surface area (Å²) in [5.74, 6) is -0.605. The number of nitrogens with one attached hydrogen (secondary N) is 2. The van der Waals surface area contributed by atoms with Gasteiger partial charge in [-0.3, -0.25) is 14.8 Å². The molecule has 7 nitrogen and oxygen atoms in total. The van der Waals surface area contributed by atoms with Crippen LogP contribution in [0.5, 0.6) is 5.75 Å². The Hall–Kier alpha value is -2.38. The van der Waals surface area contributed by atoms with E-state index in [2.05, 4.69) is 5.32 Å². The van der Waals surface area contributed by atoms with Gasteiger partial charge in [0, 0.05) is 11.6 Å². The van der Waals surface area contributed by atoms with Crippen molar-refractivity contribution < 1.29 is 19.5 Å². The van der Waals surface area contributed by atoms with Crippen molar-refractivity contribution in [1.29, 1.82) is 0 Å². The molecular formula is C15H21N3O4. The van der Waals surface area contributed by atoms with Crippen molar-refractivity contribution >= 4 is 11.8 Å². The maximum Gasteiger partial charge on any atom is 0.267 e. The first-order chi connectivity index (χ1) is 10.5. The van der Waals surface area contributed by atoms with Crippen molar-refractivity contribution in [1.82, 2.24) is 10.8 Å². The topological polar surface area (TPSA) is 114 Å². The van der Waals surface area contributed by atoms with Gasteiger partial charge in [-0.05, 0) is 38.1 Å². The summed E-state index contributed by atoms with van der Waals surface area (Å²) in [4.78, 5) is 23.5. The molecule has 120 valence electrons. The average Bonchev–Trinajstić information content (AvgIpc) is 2.52. The fourth-order valence-electron chi connectivity index (χ4n) is 1.67. The van der Waals surface area contributed by atoms with Gasteiger partial charge < -0.3 is 15.8 Å². The van der Waals surface area contributed by atoms with E-state index in [0.29, 0.717) is 17.9 Å². The molecule has 2 amide bonds. The fraction of sp³-hybridized carbons (Fsp3) is 0.333. The summed E-state index contributed by atoms with van der Waals surface area (Å²) in [5, 5.41) is 11.1. The molecule has 1 rings (SSSR count). The zero-order chi connectivity index (χ0) is 16.5. The van der Waals surface area contributed by atoms with E-state index < -0.39 is 23.9 Å². The molecule has 2 unspecified atom stereocenters. The largest absolute Gasteiger partial charge is 0.490 e. The molecule has 0 aliphatic heterocycles. The highest BCUT2D eigenvalue weighted by Gasteiger charge is 2.24. The number of amides is 2. The molecule has 0 radical (unpaired) electrons. The third-order valence-corrected chi connectivity index (χ3v) is 2.90. The number of ether oxygens (including phenoxy) is 1. The van der Waals surface area contributed by atoms with E-state index in [-0.39, 0.29) is 0 Å². The van der Waals surface area contributed by atoms with Gasteiger partial charge in [-0.25, -0.2) is 5.48 Å². The predicted octanol–water partition coefficient (Wildman–Crippen LogP) is 0.593. The number of hydrogen-bond acceptors (Lipinski definition) is 5. The number of allylic oxidation sites excluding steroid dienone is 1. The number of rotatable bonds is 7. The molecule has 0 spiro atoms.